The lowest BCUT2D eigenvalue weighted by atomic mass is 9.98. The zero-order valence-electron chi connectivity index (χ0n) is 42.3. The third kappa shape index (κ3) is 12.0. The normalized spacial score (nSPS) is 12.8. The van der Waals surface area contributed by atoms with Gasteiger partial charge < -0.3 is 39.6 Å². The van der Waals surface area contributed by atoms with Crippen LogP contribution in [0, 0.1) is 5.92 Å². The van der Waals surface area contributed by atoms with Crippen molar-refractivity contribution in [2.24, 2.45) is 5.92 Å². The van der Waals surface area contributed by atoms with Gasteiger partial charge in [0.05, 0.1) is 23.7 Å². The Kier molecular flexibility index (Phi) is 16.1. The number of nitrogens with one attached hydrogen (secondary N) is 4. The number of aryl methyl sites for hydroxylation is 1. The molecular formula is C57H62N8O8. The number of fused-ring (bicyclic) bond motifs is 6. The Morgan fingerprint density at radius 3 is 2.03 bits per heavy atom. The van der Waals surface area contributed by atoms with Crippen LogP contribution < -0.4 is 21.3 Å². The summed E-state index contributed by atoms with van der Waals surface area (Å²) in [7, 11) is 5.39. The molecule has 16 nitrogen and oxygen atoms in total. The molecule has 5 aromatic carbocycles. The van der Waals surface area contributed by atoms with Crippen LogP contribution in [0.3, 0.4) is 0 Å². The van der Waals surface area contributed by atoms with Gasteiger partial charge >= 0.3 is 18.2 Å². The van der Waals surface area contributed by atoms with E-state index in [4.69, 9.17) is 24.2 Å². The summed E-state index contributed by atoms with van der Waals surface area (Å²) in [5.41, 5.74) is 9.74. The van der Waals surface area contributed by atoms with Crippen LogP contribution in [0.25, 0.3) is 33.1 Å². The number of alkyl carbamates (subject to hydrolysis) is 1. The zero-order chi connectivity index (χ0) is 51.8. The van der Waals surface area contributed by atoms with E-state index in [1.807, 2.05) is 56.6 Å². The smallest absolute Gasteiger partial charge is 0.413 e. The summed E-state index contributed by atoms with van der Waals surface area (Å²) >= 11 is 0. The largest absolute Gasteiger partial charge is 0.465 e. The van der Waals surface area contributed by atoms with Crippen LogP contribution in [0.15, 0.2) is 115 Å². The second-order valence-corrected chi connectivity index (χ2v) is 19.0. The van der Waals surface area contributed by atoms with Gasteiger partial charge in [0.1, 0.15) is 36.6 Å². The first-order chi connectivity index (χ1) is 35.2. The third-order valence-corrected chi connectivity index (χ3v) is 12.9. The number of hydrogen-bond donors (Lipinski definition) is 4. The number of benzene rings is 5. The van der Waals surface area contributed by atoms with E-state index in [0.29, 0.717) is 40.8 Å². The Morgan fingerprint density at radius 1 is 0.726 bits per heavy atom. The van der Waals surface area contributed by atoms with Crippen molar-refractivity contribution >= 4 is 63.4 Å². The molecule has 7 aromatic rings. The summed E-state index contributed by atoms with van der Waals surface area (Å²) < 4.78 is 18.5. The molecule has 2 unspecified atom stereocenters. The fraction of sp³-hybridized carbons (Fsp3) is 0.316. The van der Waals surface area contributed by atoms with Gasteiger partial charge in [-0.2, -0.15) is 0 Å². The number of ether oxygens (including phenoxy) is 3. The maximum atomic E-state index is 13.5. The summed E-state index contributed by atoms with van der Waals surface area (Å²) in [6, 6.07) is 34.5. The minimum Gasteiger partial charge on any atom is -0.465 e. The highest BCUT2D eigenvalue weighted by molar-refractivity contribution is 6.10. The number of carbonyl (C=O) groups is 5. The first-order valence-corrected chi connectivity index (χ1v) is 24.6. The van der Waals surface area contributed by atoms with Crippen LogP contribution >= 0.6 is 0 Å². The Labute approximate surface area is 424 Å². The number of hydrogen-bond acceptors (Lipinski definition) is 11. The molecule has 8 rings (SSSR count). The van der Waals surface area contributed by atoms with Crippen molar-refractivity contribution in [1.29, 1.82) is 0 Å². The number of nitrogens with zero attached hydrogens (tertiary/aromatic N) is 4. The van der Waals surface area contributed by atoms with Crippen molar-refractivity contribution in [2.45, 2.75) is 84.7 Å². The molecule has 0 radical (unpaired) electrons. The van der Waals surface area contributed by atoms with Crippen LogP contribution in [-0.2, 0) is 49.9 Å². The predicted molar refractivity (Wildman–Crippen MR) is 281 cm³/mol. The van der Waals surface area contributed by atoms with E-state index in [1.54, 1.807) is 57.2 Å². The van der Waals surface area contributed by atoms with Crippen molar-refractivity contribution in [1.82, 2.24) is 30.1 Å². The summed E-state index contributed by atoms with van der Waals surface area (Å²) in [6.45, 7) is 8.59. The molecule has 0 saturated carbocycles. The van der Waals surface area contributed by atoms with E-state index in [0.717, 1.165) is 63.9 Å². The van der Waals surface area contributed by atoms with Gasteiger partial charge in [0.15, 0.2) is 5.82 Å². The lowest BCUT2D eigenvalue weighted by Gasteiger charge is -2.24. The molecule has 0 bridgehead atoms. The van der Waals surface area contributed by atoms with Crippen LogP contribution in [-0.4, -0.2) is 89.3 Å². The molecule has 0 aliphatic heterocycles. The molecule has 2 heterocycles. The Bertz CT molecular complexity index is 3100. The molecule has 73 heavy (non-hydrogen) atoms. The van der Waals surface area contributed by atoms with E-state index in [2.05, 4.69) is 74.1 Å². The molecule has 2 atom stereocenters. The van der Waals surface area contributed by atoms with E-state index < -0.39 is 42.1 Å². The van der Waals surface area contributed by atoms with Gasteiger partial charge in [0.2, 0.25) is 11.8 Å². The number of esters is 1. The number of rotatable bonds is 19. The Morgan fingerprint density at radius 2 is 1.38 bits per heavy atom. The average Bonchev–Trinajstić information content (AvgIpc) is 3.91. The SMILES string of the molecule is CCCCc1nc2c(NC(=O)OCc3ccc(NC(=O)C(C)NC(=O)C(NC(=O)OCC4c5ccccc5-c5ccccc54)C(C)C)cc3)nc3cc(C(=O)OC)ccc3c2n1Cc1ccc(CN(C)C)cc1. The van der Waals surface area contributed by atoms with Crippen LogP contribution in [0.2, 0.25) is 0 Å². The number of imidazole rings is 1. The number of methoxy groups -OCH3 is 1. The first kappa shape index (κ1) is 51.3. The van der Waals surface area contributed by atoms with Crippen LogP contribution in [0.5, 0.6) is 0 Å². The zero-order valence-corrected chi connectivity index (χ0v) is 42.3. The van der Waals surface area contributed by atoms with Crippen LogP contribution in [0.1, 0.15) is 90.5 Å². The maximum Gasteiger partial charge on any atom is 0.413 e. The van der Waals surface area contributed by atoms with E-state index in [1.165, 1.54) is 12.7 Å². The highest BCUT2D eigenvalue weighted by atomic mass is 16.6. The lowest BCUT2D eigenvalue weighted by Crippen LogP contribution is -2.53. The van der Waals surface area contributed by atoms with E-state index >= 15 is 0 Å². The molecule has 0 saturated heterocycles. The number of carbonyl (C=O) groups excluding carboxylic acids is 5. The van der Waals surface area contributed by atoms with Gasteiger partial charge in [-0.25, -0.2) is 24.4 Å². The highest BCUT2D eigenvalue weighted by Crippen LogP contribution is 2.44. The van der Waals surface area contributed by atoms with Gasteiger partial charge in [-0.15, -0.1) is 0 Å². The number of amides is 4. The van der Waals surface area contributed by atoms with Crippen molar-refractivity contribution < 1.29 is 38.2 Å². The summed E-state index contributed by atoms with van der Waals surface area (Å²) in [5, 5.41) is 11.8. The fourth-order valence-electron chi connectivity index (χ4n) is 9.15. The summed E-state index contributed by atoms with van der Waals surface area (Å²) in [6.07, 6.45) is 1.05. The van der Waals surface area contributed by atoms with E-state index in [-0.39, 0.29) is 30.9 Å². The summed E-state index contributed by atoms with van der Waals surface area (Å²) in [4.78, 5) is 78.0. The average molecular weight is 987 g/mol. The number of anilines is 2. The van der Waals surface area contributed by atoms with Crippen molar-refractivity contribution in [3.05, 3.63) is 154 Å². The quantitative estimate of drug-likeness (QED) is 0.0445. The van der Waals surface area contributed by atoms with Gasteiger partial charge in [0.25, 0.3) is 0 Å². The molecule has 1 aliphatic carbocycles. The van der Waals surface area contributed by atoms with Gasteiger partial charge in [0, 0.05) is 36.5 Å². The Hall–Kier alpha value is -8.11. The second kappa shape index (κ2) is 23.0. The minimum atomic E-state index is -0.966. The molecule has 0 spiro atoms. The number of unbranched alkanes of at least 4 members (excludes halogenated alkanes) is 1. The van der Waals surface area contributed by atoms with E-state index in [9.17, 15) is 24.0 Å². The number of pyridine rings is 1. The molecule has 2 aromatic heterocycles. The second-order valence-electron chi connectivity index (χ2n) is 19.0. The minimum absolute atomic E-state index is 0.0954. The lowest BCUT2D eigenvalue weighted by molar-refractivity contribution is -0.128. The van der Waals surface area contributed by atoms with Gasteiger partial charge in [-0.05, 0) is 103 Å². The first-order valence-electron chi connectivity index (χ1n) is 24.6. The maximum absolute atomic E-state index is 13.5. The fourth-order valence-corrected chi connectivity index (χ4v) is 9.15. The van der Waals surface area contributed by atoms with Crippen molar-refractivity contribution in [3.63, 3.8) is 0 Å². The monoisotopic (exact) mass is 986 g/mol. The molecule has 16 heteroatoms. The molecule has 378 valence electrons. The van der Waals surface area contributed by atoms with Crippen LogP contribution in [0.4, 0.5) is 21.1 Å². The predicted octanol–water partition coefficient (Wildman–Crippen LogP) is 9.58. The number of aromatic nitrogens is 3. The topological polar surface area (TPSA) is 195 Å². The molecule has 4 N–H and O–H groups in total. The third-order valence-electron chi connectivity index (χ3n) is 12.9. The van der Waals surface area contributed by atoms with Crippen molar-refractivity contribution in [3.8, 4) is 11.1 Å². The molecule has 0 fully saturated rings. The van der Waals surface area contributed by atoms with Gasteiger partial charge in [-0.1, -0.05) is 112 Å². The summed E-state index contributed by atoms with van der Waals surface area (Å²) in [5.74, 6) is -0.963. The standard InChI is InChI=1S/C57H62N8O8/c1-8-9-18-48-61-50-51(65(48)31-37-21-19-36(20-22-37)30-64(5)6)45-28-25-39(55(68)71-7)29-47(45)60-52(50)63-57(70)72-32-38-23-26-40(27-24-38)59-53(66)35(4)58-54(67)49(34(2)3)62-56(69)73-33-46-43-16-12-10-14-41(43)42-15-11-13-17-44(42)46/h10-17,19-29,34-35,46,49H,8-9,18,30-33H2,1-7H3,(H,58,67)(H,59,66)(H,62,69)(H,60,63,70). The molecule has 1 aliphatic rings. The Balaban J connectivity index is 0.888. The highest BCUT2D eigenvalue weighted by Gasteiger charge is 2.31. The van der Waals surface area contributed by atoms with Crippen molar-refractivity contribution in [2.75, 3.05) is 38.4 Å². The molecular weight excluding hydrogens is 925 g/mol. The van der Waals surface area contributed by atoms with Gasteiger partial charge in [-0.3, -0.25) is 14.9 Å². The molecule has 4 amide bonds.